The van der Waals surface area contributed by atoms with Crippen molar-refractivity contribution in [3.05, 3.63) is 42.0 Å². The highest BCUT2D eigenvalue weighted by Gasteiger charge is 2.56. The number of hydrogen-bond acceptors (Lipinski definition) is 4. The highest BCUT2D eigenvalue weighted by atomic mass is 16.5. The number of ether oxygens (including phenoxy) is 1. The maximum absolute atomic E-state index is 12.7. The molecule has 0 radical (unpaired) electrons. The van der Waals surface area contributed by atoms with E-state index in [1.54, 1.807) is 21.1 Å². The van der Waals surface area contributed by atoms with Gasteiger partial charge in [-0.2, -0.15) is 0 Å². The molecule has 4 amide bonds. The van der Waals surface area contributed by atoms with Crippen molar-refractivity contribution in [2.45, 2.75) is 31.8 Å². The van der Waals surface area contributed by atoms with E-state index >= 15 is 0 Å². The summed E-state index contributed by atoms with van der Waals surface area (Å²) in [5.74, 6) is 0.395. The van der Waals surface area contributed by atoms with Crippen LogP contribution < -0.4 is 10.1 Å². The van der Waals surface area contributed by atoms with Gasteiger partial charge in [-0.15, -0.1) is 0 Å². The second-order valence-corrected chi connectivity index (χ2v) is 8.10. The maximum atomic E-state index is 12.7. The van der Waals surface area contributed by atoms with Crippen molar-refractivity contribution in [3.63, 3.8) is 0 Å². The summed E-state index contributed by atoms with van der Waals surface area (Å²) >= 11 is 0. The van der Waals surface area contributed by atoms with Gasteiger partial charge in [0, 0.05) is 13.6 Å². The number of rotatable bonds is 6. The molecule has 1 saturated carbocycles. The van der Waals surface area contributed by atoms with Gasteiger partial charge in [0.05, 0.1) is 7.11 Å². The normalized spacial score (nSPS) is 21.4. The molecule has 2 fully saturated rings. The van der Waals surface area contributed by atoms with E-state index in [4.69, 9.17) is 4.74 Å². The summed E-state index contributed by atoms with van der Waals surface area (Å²) in [5, 5.41) is 4.88. The third-order valence-electron chi connectivity index (χ3n) is 5.95. The minimum atomic E-state index is -0.866. The molecular formula is C22H25N3O4. The molecule has 7 nitrogen and oxygen atoms in total. The summed E-state index contributed by atoms with van der Waals surface area (Å²) in [6.07, 6.45) is 1.86. The van der Waals surface area contributed by atoms with Crippen LogP contribution in [0.3, 0.4) is 0 Å². The largest absolute Gasteiger partial charge is 0.497 e. The number of urea groups is 1. The zero-order valence-electron chi connectivity index (χ0n) is 16.9. The van der Waals surface area contributed by atoms with Crippen LogP contribution in [0.2, 0.25) is 0 Å². The lowest BCUT2D eigenvalue weighted by Gasteiger charge is -2.22. The Morgan fingerprint density at radius 3 is 2.59 bits per heavy atom. The third-order valence-corrected chi connectivity index (χ3v) is 5.95. The molecule has 2 aliphatic rings. The number of nitrogens with one attached hydrogen (secondary N) is 1. The molecule has 1 aliphatic heterocycles. The first kappa shape index (κ1) is 19.2. The average Bonchev–Trinajstić information content (AvgIpc) is 3.53. The number of benzene rings is 2. The summed E-state index contributed by atoms with van der Waals surface area (Å²) in [4.78, 5) is 40.2. The Labute approximate surface area is 169 Å². The number of likely N-dealkylation sites (N-methyl/N-ethyl adjacent to an activating group) is 1. The minimum absolute atomic E-state index is 0.174. The predicted octanol–water partition coefficient (Wildman–Crippen LogP) is 2.53. The van der Waals surface area contributed by atoms with Gasteiger partial charge in [0.2, 0.25) is 5.91 Å². The zero-order valence-corrected chi connectivity index (χ0v) is 16.9. The SMILES string of the molecule is COc1ccc2cc(CN(C)C(=O)CN3C(=O)N[C@@](C)(C4CC4)C3=O)ccc2c1. The Bertz CT molecular complexity index is 1000. The van der Waals surface area contributed by atoms with E-state index in [-0.39, 0.29) is 24.3 Å². The lowest BCUT2D eigenvalue weighted by molar-refractivity contribution is -0.138. The average molecular weight is 395 g/mol. The Morgan fingerprint density at radius 2 is 1.90 bits per heavy atom. The van der Waals surface area contributed by atoms with Crippen LogP contribution in [0.4, 0.5) is 4.79 Å². The molecule has 7 heteroatoms. The second-order valence-electron chi connectivity index (χ2n) is 8.10. The Balaban J connectivity index is 1.42. The van der Waals surface area contributed by atoms with Crippen LogP contribution >= 0.6 is 0 Å². The summed E-state index contributed by atoms with van der Waals surface area (Å²) in [6, 6.07) is 11.3. The highest BCUT2D eigenvalue weighted by molar-refractivity contribution is 6.09. The van der Waals surface area contributed by atoms with E-state index in [1.807, 2.05) is 36.4 Å². The molecule has 1 N–H and O–H groups in total. The molecular weight excluding hydrogens is 370 g/mol. The quantitative estimate of drug-likeness (QED) is 0.763. The van der Waals surface area contributed by atoms with Gasteiger partial charge in [0.1, 0.15) is 17.8 Å². The molecule has 2 aromatic rings. The molecule has 1 aliphatic carbocycles. The number of fused-ring (bicyclic) bond motifs is 1. The van der Waals surface area contributed by atoms with Gasteiger partial charge in [-0.05, 0) is 60.2 Å². The van der Waals surface area contributed by atoms with Crippen LogP contribution in [0.5, 0.6) is 5.75 Å². The van der Waals surface area contributed by atoms with Crippen LogP contribution in [-0.4, -0.2) is 53.9 Å². The van der Waals surface area contributed by atoms with Crippen LogP contribution in [-0.2, 0) is 16.1 Å². The molecule has 4 rings (SSSR count). The molecule has 0 bridgehead atoms. The third kappa shape index (κ3) is 3.52. The Kier molecular flexibility index (Phi) is 4.68. The molecule has 0 aromatic heterocycles. The highest BCUT2D eigenvalue weighted by Crippen LogP contribution is 2.42. The monoisotopic (exact) mass is 395 g/mol. The lowest BCUT2D eigenvalue weighted by Crippen LogP contribution is -2.47. The summed E-state index contributed by atoms with van der Waals surface area (Å²) in [6.45, 7) is 1.90. The molecule has 2 aromatic carbocycles. The second kappa shape index (κ2) is 7.06. The fourth-order valence-electron chi connectivity index (χ4n) is 3.91. The van der Waals surface area contributed by atoms with E-state index < -0.39 is 11.6 Å². The van der Waals surface area contributed by atoms with Crippen molar-refractivity contribution in [1.29, 1.82) is 0 Å². The standard InChI is InChI=1S/C22H25N3O4/c1-22(17-7-8-17)20(27)25(21(28)23-22)13-19(26)24(2)12-14-4-5-16-11-18(29-3)9-6-15(16)10-14/h4-6,9-11,17H,7-8,12-13H2,1-3H3,(H,23,28)/t22-/m0/s1. The minimum Gasteiger partial charge on any atom is -0.497 e. The number of imide groups is 1. The van der Waals surface area contributed by atoms with Gasteiger partial charge in [-0.1, -0.05) is 18.2 Å². The van der Waals surface area contributed by atoms with Crippen molar-refractivity contribution in [2.24, 2.45) is 5.92 Å². The first-order chi connectivity index (χ1) is 13.8. The summed E-state index contributed by atoms with van der Waals surface area (Å²) in [5.41, 5.74) is 0.105. The molecule has 1 atom stereocenters. The number of nitrogens with zero attached hydrogens (tertiary/aromatic N) is 2. The van der Waals surface area contributed by atoms with E-state index in [0.29, 0.717) is 6.54 Å². The van der Waals surface area contributed by atoms with Crippen LogP contribution in [0.25, 0.3) is 10.8 Å². The van der Waals surface area contributed by atoms with E-state index in [0.717, 1.165) is 39.8 Å². The van der Waals surface area contributed by atoms with Crippen molar-refractivity contribution < 1.29 is 19.1 Å². The molecule has 1 saturated heterocycles. The molecule has 0 unspecified atom stereocenters. The van der Waals surface area contributed by atoms with Gasteiger partial charge < -0.3 is 15.0 Å². The van der Waals surface area contributed by atoms with Crippen LogP contribution in [0, 0.1) is 5.92 Å². The van der Waals surface area contributed by atoms with Gasteiger partial charge in [-0.25, -0.2) is 4.79 Å². The van der Waals surface area contributed by atoms with Crippen molar-refractivity contribution in [3.8, 4) is 5.75 Å². The predicted molar refractivity (Wildman–Crippen MR) is 108 cm³/mol. The zero-order chi connectivity index (χ0) is 20.8. The van der Waals surface area contributed by atoms with E-state index in [1.165, 1.54) is 4.90 Å². The fourth-order valence-corrected chi connectivity index (χ4v) is 3.91. The molecule has 152 valence electrons. The van der Waals surface area contributed by atoms with Crippen LogP contribution in [0.15, 0.2) is 36.4 Å². The first-order valence-electron chi connectivity index (χ1n) is 9.76. The van der Waals surface area contributed by atoms with Crippen molar-refractivity contribution in [1.82, 2.24) is 15.1 Å². The topological polar surface area (TPSA) is 79.0 Å². The van der Waals surface area contributed by atoms with Gasteiger partial charge >= 0.3 is 6.03 Å². The number of amides is 4. The van der Waals surface area contributed by atoms with Gasteiger partial charge in [-0.3, -0.25) is 14.5 Å². The van der Waals surface area contributed by atoms with E-state index in [2.05, 4.69) is 5.32 Å². The number of carbonyl (C=O) groups excluding carboxylic acids is 3. The molecule has 29 heavy (non-hydrogen) atoms. The number of carbonyl (C=O) groups is 3. The van der Waals surface area contributed by atoms with Crippen molar-refractivity contribution >= 4 is 28.6 Å². The Morgan fingerprint density at radius 1 is 1.21 bits per heavy atom. The van der Waals surface area contributed by atoms with E-state index in [9.17, 15) is 14.4 Å². The maximum Gasteiger partial charge on any atom is 0.325 e. The number of hydrogen-bond donors (Lipinski definition) is 1. The molecule has 0 spiro atoms. The smallest absolute Gasteiger partial charge is 0.325 e. The number of methoxy groups -OCH3 is 1. The van der Waals surface area contributed by atoms with Gasteiger partial charge in [0.15, 0.2) is 0 Å². The first-order valence-corrected chi connectivity index (χ1v) is 9.76. The fraction of sp³-hybridized carbons (Fsp3) is 0.409. The summed E-state index contributed by atoms with van der Waals surface area (Å²) < 4.78 is 5.24. The Hall–Kier alpha value is -3.09. The molecule has 1 heterocycles. The van der Waals surface area contributed by atoms with Crippen LogP contribution in [0.1, 0.15) is 25.3 Å². The van der Waals surface area contributed by atoms with Gasteiger partial charge in [0.25, 0.3) is 5.91 Å². The summed E-state index contributed by atoms with van der Waals surface area (Å²) in [7, 11) is 3.31. The lowest BCUT2D eigenvalue weighted by atomic mass is 9.96. The van der Waals surface area contributed by atoms with Crippen molar-refractivity contribution in [2.75, 3.05) is 20.7 Å².